The lowest BCUT2D eigenvalue weighted by molar-refractivity contribution is 0.0691. The second-order valence-electron chi connectivity index (χ2n) is 5.42. The number of methoxy groups -OCH3 is 1. The van der Waals surface area contributed by atoms with Gasteiger partial charge in [-0.15, -0.1) is 11.3 Å². The normalized spacial score (nSPS) is 10.5. The molecule has 0 fully saturated rings. The maximum atomic E-state index is 11.0. The van der Waals surface area contributed by atoms with Crippen molar-refractivity contribution in [3.63, 3.8) is 0 Å². The SMILES string of the molecule is COc1cc(-c2nc(C(=O)O)cs2)cc(Cl)c1OCCc1ccccc1. The number of rotatable bonds is 7. The van der Waals surface area contributed by atoms with Gasteiger partial charge in [-0.2, -0.15) is 0 Å². The van der Waals surface area contributed by atoms with Gasteiger partial charge in [-0.25, -0.2) is 9.78 Å². The van der Waals surface area contributed by atoms with Gasteiger partial charge in [-0.05, 0) is 17.7 Å². The molecule has 7 heteroatoms. The van der Waals surface area contributed by atoms with Gasteiger partial charge in [0.15, 0.2) is 17.2 Å². The fourth-order valence-electron chi connectivity index (χ4n) is 2.40. The van der Waals surface area contributed by atoms with E-state index in [1.165, 1.54) is 29.4 Å². The summed E-state index contributed by atoms with van der Waals surface area (Å²) in [6.45, 7) is 0.458. The lowest BCUT2D eigenvalue weighted by atomic mass is 10.2. The standard InChI is InChI=1S/C19H16ClNO4S/c1-24-16-10-13(18-21-15(11-26-18)19(22)23)9-14(20)17(16)25-8-7-12-5-3-2-4-6-12/h2-6,9-11H,7-8H2,1H3,(H,22,23). The first-order valence-corrected chi connectivity index (χ1v) is 9.07. The highest BCUT2D eigenvalue weighted by Gasteiger charge is 2.16. The number of ether oxygens (including phenoxy) is 2. The summed E-state index contributed by atoms with van der Waals surface area (Å²) >= 11 is 7.60. The van der Waals surface area contributed by atoms with Crippen molar-refractivity contribution in [3.8, 4) is 22.1 Å². The van der Waals surface area contributed by atoms with Crippen LogP contribution in [0.15, 0.2) is 47.8 Å². The quantitative estimate of drug-likeness (QED) is 0.629. The minimum atomic E-state index is -1.06. The average Bonchev–Trinajstić information content (AvgIpc) is 3.14. The maximum Gasteiger partial charge on any atom is 0.355 e. The number of carboxylic acid groups (broad SMARTS) is 1. The number of hydrogen-bond donors (Lipinski definition) is 1. The third-order valence-corrected chi connectivity index (χ3v) is 4.85. The van der Waals surface area contributed by atoms with Crippen LogP contribution >= 0.6 is 22.9 Å². The van der Waals surface area contributed by atoms with E-state index >= 15 is 0 Å². The number of hydrogen-bond acceptors (Lipinski definition) is 5. The van der Waals surface area contributed by atoms with Gasteiger partial charge in [0.1, 0.15) is 5.01 Å². The molecule has 0 saturated heterocycles. The summed E-state index contributed by atoms with van der Waals surface area (Å²) in [6, 6.07) is 13.5. The van der Waals surface area contributed by atoms with Crippen molar-refractivity contribution in [1.29, 1.82) is 0 Å². The first-order valence-electron chi connectivity index (χ1n) is 7.82. The third kappa shape index (κ3) is 4.15. The number of nitrogens with zero attached hydrogens (tertiary/aromatic N) is 1. The monoisotopic (exact) mass is 389 g/mol. The van der Waals surface area contributed by atoms with Crippen molar-refractivity contribution in [2.45, 2.75) is 6.42 Å². The van der Waals surface area contributed by atoms with E-state index in [0.717, 1.165) is 6.42 Å². The summed E-state index contributed by atoms with van der Waals surface area (Å²) in [6.07, 6.45) is 0.747. The highest BCUT2D eigenvalue weighted by Crippen LogP contribution is 2.40. The van der Waals surface area contributed by atoms with Crippen LogP contribution < -0.4 is 9.47 Å². The number of halogens is 1. The molecule has 2 aromatic carbocycles. The predicted octanol–water partition coefficient (Wildman–Crippen LogP) is 4.79. The molecule has 0 spiro atoms. The van der Waals surface area contributed by atoms with Crippen molar-refractivity contribution in [2.24, 2.45) is 0 Å². The van der Waals surface area contributed by atoms with Crippen LogP contribution in [-0.2, 0) is 6.42 Å². The molecule has 0 amide bonds. The van der Waals surface area contributed by atoms with Crippen molar-refractivity contribution in [2.75, 3.05) is 13.7 Å². The molecular weight excluding hydrogens is 374 g/mol. The van der Waals surface area contributed by atoms with Crippen LogP contribution in [0.3, 0.4) is 0 Å². The van der Waals surface area contributed by atoms with Crippen LogP contribution in [0.2, 0.25) is 5.02 Å². The number of carboxylic acids is 1. The summed E-state index contributed by atoms with van der Waals surface area (Å²) in [5.41, 5.74) is 1.85. The number of aromatic carboxylic acids is 1. The molecule has 5 nitrogen and oxygen atoms in total. The van der Waals surface area contributed by atoms with E-state index < -0.39 is 5.97 Å². The van der Waals surface area contributed by atoms with Crippen LogP contribution in [0.25, 0.3) is 10.6 Å². The van der Waals surface area contributed by atoms with E-state index in [2.05, 4.69) is 4.98 Å². The molecule has 3 aromatic rings. The number of benzene rings is 2. The minimum Gasteiger partial charge on any atom is -0.493 e. The molecule has 0 bridgehead atoms. The Hall–Kier alpha value is -2.57. The fourth-order valence-corrected chi connectivity index (χ4v) is 3.45. The van der Waals surface area contributed by atoms with Crippen molar-refractivity contribution < 1.29 is 19.4 Å². The number of aromatic nitrogens is 1. The molecule has 0 radical (unpaired) electrons. The van der Waals surface area contributed by atoms with E-state index in [0.29, 0.717) is 33.7 Å². The first kappa shape index (κ1) is 18.2. The Kier molecular flexibility index (Phi) is 5.75. The Labute approximate surface area is 159 Å². The Morgan fingerprint density at radius 3 is 2.69 bits per heavy atom. The summed E-state index contributed by atoms with van der Waals surface area (Å²) < 4.78 is 11.2. The predicted molar refractivity (Wildman–Crippen MR) is 102 cm³/mol. The van der Waals surface area contributed by atoms with E-state index in [4.69, 9.17) is 26.2 Å². The van der Waals surface area contributed by atoms with Crippen LogP contribution in [0.5, 0.6) is 11.5 Å². The van der Waals surface area contributed by atoms with Crippen molar-refractivity contribution >= 4 is 28.9 Å². The zero-order valence-corrected chi connectivity index (χ0v) is 15.5. The first-order chi connectivity index (χ1) is 12.6. The van der Waals surface area contributed by atoms with E-state index in [9.17, 15) is 4.79 Å². The number of carbonyl (C=O) groups is 1. The summed E-state index contributed by atoms with van der Waals surface area (Å²) in [4.78, 5) is 15.1. The summed E-state index contributed by atoms with van der Waals surface area (Å²) in [5, 5.41) is 11.4. The molecule has 1 N–H and O–H groups in total. The minimum absolute atomic E-state index is 0.00303. The van der Waals surface area contributed by atoms with Gasteiger partial charge in [0.2, 0.25) is 0 Å². The van der Waals surface area contributed by atoms with Crippen LogP contribution in [0.4, 0.5) is 0 Å². The Morgan fingerprint density at radius 2 is 2.04 bits per heavy atom. The molecule has 0 aliphatic rings. The van der Waals surface area contributed by atoms with E-state index in [1.54, 1.807) is 12.1 Å². The van der Waals surface area contributed by atoms with E-state index in [-0.39, 0.29) is 5.69 Å². The third-order valence-electron chi connectivity index (χ3n) is 3.68. The number of thiazole rings is 1. The van der Waals surface area contributed by atoms with Gasteiger partial charge in [0, 0.05) is 17.4 Å². The molecule has 0 unspecified atom stereocenters. The van der Waals surface area contributed by atoms with Crippen molar-refractivity contribution in [1.82, 2.24) is 4.98 Å². The second-order valence-corrected chi connectivity index (χ2v) is 6.68. The zero-order valence-electron chi connectivity index (χ0n) is 13.9. The largest absolute Gasteiger partial charge is 0.493 e. The average molecular weight is 390 g/mol. The zero-order chi connectivity index (χ0) is 18.5. The molecule has 0 atom stereocenters. The van der Waals surface area contributed by atoms with Gasteiger partial charge in [-0.3, -0.25) is 0 Å². The molecule has 1 aromatic heterocycles. The Bertz CT molecular complexity index is 911. The highest BCUT2D eigenvalue weighted by molar-refractivity contribution is 7.13. The van der Waals surface area contributed by atoms with Gasteiger partial charge >= 0.3 is 5.97 Å². The highest BCUT2D eigenvalue weighted by atomic mass is 35.5. The fraction of sp³-hybridized carbons (Fsp3) is 0.158. The molecule has 0 aliphatic carbocycles. The van der Waals surface area contributed by atoms with Gasteiger partial charge in [-0.1, -0.05) is 41.9 Å². The molecule has 26 heavy (non-hydrogen) atoms. The van der Waals surface area contributed by atoms with Crippen molar-refractivity contribution in [3.05, 3.63) is 64.1 Å². The topological polar surface area (TPSA) is 68.7 Å². The molecular formula is C19H16ClNO4S. The lowest BCUT2D eigenvalue weighted by Gasteiger charge is -2.13. The molecule has 0 aliphatic heterocycles. The summed E-state index contributed by atoms with van der Waals surface area (Å²) in [5.74, 6) is -0.122. The molecule has 3 rings (SSSR count). The van der Waals surface area contributed by atoms with Crippen LogP contribution in [0, 0.1) is 0 Å². The smallest absolute Gasteiger partial charge is 0.355 e. The molecule has 0 saturated carbocycles. The Morgan fingerprint density at radius 1 is 1.27 bits per heavy atom. The second kappa shape index (κ2) is 8.21. The Balaban J connectivity index is 1.79. The lowest BCUT2D eigenvalue weighted by Crippen LogP contribution is -2.03. The summed E-state index contributed by atoms with van der Waals surface area (Å²) in [7, 11) is 1.53. The van der Waals surface area contributed by atoms with Gasteiger partial charge < -0.3 is 14.6 Å². The maximum absolute atomic E-state index is 11.0. The molecule has 1 heterocycles. The van der Waals surface area contributed by atoms with Gasteiger partial charge in [0.25, 0.3) is 0 Å². The van der Waals surface area contributed by atoms with E-state index in [1.807, 2.05) is 30.3 Å². The van der Waals surface area contributed by atoms with Gasteiger partial charge in [0.05, 0.1) is 18.7 Å². The van der Waals surface area contributed by atoms with Crippen LogP contribution in [0.1, 0.15) is 16.1 Å². The van der Waals surface area contributed by atoms with Crippen LogP contribution in [-0.4, -0.2) is 29.8 Å². The molecule has 134 valence electrons.